The monoisotopic (exact) mass is 628 g/mol. The van der Waals surface area contributed by atoms with E-state index in [2.05, 4.69) is 27.9 Å². The quantitative estimate of drug-likeness (QED) is 0.237. The van der Waals surface area contributed by atoms with Crippen LogP contribution in [0, 0.1) is 17.4 Å². The number of benzene rings is 3. The van der Waals surface area contributed by atoms with E-state index in [1.165, 1.54) is 0 Å². The van der Waals surface area contributed by atoms with Gasteiger partial charge in [0.25, 0.3) is 11.1 Å². The van der Waals surface area contributed by atoms with Gasteiger partial charge in [0.15, 0.2) is 11.5 Å². The van der Waals surface area contributed by atoms with Gasteiger partial charge in [-0.05, 0) is 107 Å². The van der Waals surface area contributed by atoms with E-state index >= 15 is 0 Å². The largest absolute Gasteiger partial charge is 0.493 e. The molecule has 0 aliphatic carbocycles. The zero-order chi connectivity index (χ0) is 26.5. The molecule has 37 heavy (non-hydrogen) atoms. The van der Waals surface area contributed by atoms with Crippen LogP contribution in [0.2, 0.25) is 0 Å². The summed E-state index contributed by atoms with van der Waals surface area (Å²) >= 11 is 3.05. The third-order valence-electron chi connectivity index (χ3n) is 5.85. The molecule has 7 nitrogen and oxygen atoms in total. The number of rotatable bonds is 8. The predicted octanol–water partition coefficient (Wildman–Crippen LogP) is 6.17. The molecule has 4 rings (SSSR count). The predicted molar refractivity (Wildman–Crippen MR) is 154 cm³/mol. The molecule has 1 aliphatic heterocycles. The average Bonchev–Trinajstić information content (AvgIpc) is 3.14. The van der Waals surface area contributed by atoms with Crippen LogP contribution in [0.3, 0.4) is 0 Å². The van der Waals surface area contributed by atoms with Gasteiger partial charge in [0.1, 0.15) is 13.2 Å². The fourth-order valence-corrected chi connectivity index (χ4v) is 4.84. The van der Waals surface area contributed by atoms with Crippen molar-refractivity contribution in [2.75, 3.05) is 19.0 Å². The summed E-state index contributed by atoms with van der Waals surface area (Å²) in [7, 11) is 1.54. The number of thioether (sulfide) groups is 1. The number of hydrogen-bond donors (Lipinski definition) is 1. The molecule has 3 aromatic carbocycles. The van der Waals surface area contributed by atoms with Crippen molar-refractivity contribution in [3.05, 3.63) is 91.4 Å². The molecule has 1 heterocycles. The van der Waals surface area contributed by atoms with E-state index in [9.17, 15) is 14.4 Å². The molecule has 0 atom stereocenters. The Labute approximate surface area is 233 Å². The van der Waals surface area contributed by atoms with Crippen LogP contribution in [0.4, 0.5) is 10.5 Å². The molecule has 0 aromatic heterocycles. The van der Waals surface area contributed by atoms with Gasteiger partial charge in [-0.3, -0.25) is 19.3 Å². The van der Waals surface area contributed by atoms with E-state index in [1.54, 1.807) is 37.5 Å². The van der Waals surface area contributed by atoms with Crippen molar-refractivity contribution in [1.82, 2.24) is 4.90 Å². The van der Waals surface area contributed by atoms with Gasteiger partial charge in [0.2, 0.25) is 5.91 Å². The number of imide groups is 1. The highest BCUT2D eigenvalue weighted by atomic mass is 127. The lowest BCUT2D eigenvalue weighted by molar-refractivity contribution is -0.127. The maximum absolute atomic E-state index is 12.9. The first kappa shape index (κ1) is 26.7. The number of nitrogens with zero attached hydrogens (tertiary/aromatic N) is 1. The van der Waals surface area contributed by atoms with Gasteiger partial charge in [-0.25, -0.2) is 0 Å². The zero-order valence-corrected chi connectivity index (χ0v) is 23.5. The molecule has 0 radical (unpaired) electrons. The summed E-state index contributed by atoms with van der Waals surface area (Å²) < 4.78 is 12.5. The maximum Gasteiger partial charge on any atom is 0.294 e. The fraction of sp³-hybridized carbons (Fsp3) is 0.179. The third kappa shape index (κ3) is 6.53. The van der Waals surface area contributed by atoms with E-state index in [0.717, 1.165) is 36.9 Å². The molecular formula is C28H25IN2O5S. The SMILES string of the molecule is COc1cc(/C=C2\SC(=O)N(CC(=O)Nc3cccc(C)c3C)C2=O)ccc1OCc1ccc(I)cc1. The van der Waals surface area contributed by atoms with Crippen LogP contribution in [0.25, 0.3) is 6.08 Å². The first-order chi connectivity index (χ1) is 17.7. The Morgan fingerprint density at radius 1 is 1.05 bits per heavy atom. The summed E-state index contributed by atoms with van der Waals surface area (Å²) in [6.07, 6.45) is 1.61. The van der Waals surface area contributed by atoms with Crippen LogP contribution in [0.5, 0.6) is 11.5 Å². The summed E-state index contributed by atoms with van der Waals surface area (Å²) in [5.41, 5.74) is 4.33. The van der Waals surface area contributed by atoms with E-state index in [1.807, 2.05) is 50.2 Å². The standard InChI is InChI=1S/C28H25IN2O5S/c1-17-5-4-6-22(18(17)2)30-26(32)15-31-27(33)25(37-28(31)34)14-20-9-12-23(24(13-20)35-3)36-16-19-7-10-21(29)11-8-19/h4-14H,15-16H2,1-3H3,(H,30,32)/b25-14-. The number of anilines is 1. The van der Waals surface area contributed by atoms with Crippen LogP contribution < -0.4 is 14.8 Å². The molecule has 1 saturated heterocycles. The van der Waals surface area contributed by atoms with Crippen molar-refractivity contribution in [3.8, 4) is 11.5 Å². The second-order valence-electron chi connectivity index (χ2n) is 8.39. The molecule has 190 valence electrons. The van der Waals surface area contributed by atoms with Gasteiger partial charge in [0, 0.05) is 9.26 Å². The number of halogens is 1. The minimum atomic E-state index is -0.510. The minimum Gasteiger partial charge on any atom is -0.493 e. The lowest BCUT2D eigenvalue weighted by atomic mass is 10.1. The summed E-state index contributed by atoms with van der Waals surface area (Å²) in [5, 5.41) is 2.30. The van der Waals surface area contributed by atoms with Gasteiger partial charge < -0.3 is 14.8 Å². The smallest absolute Gasteiger partial charge is 0.294 e. The molecule has 0 saturated carbocycles. The Morgan fingerprint density at radius 2 is 1.81 bits per heavy atom. The second kappa shape index (κ2) is 11.8. The number of carbonyl (C=O) groups is 3. The van der Waals surface area contributed by atoms with E-state index < -0.39 is 17.1 Å². The summed E-state index contributed by atoms with van der Waals surface area (Å²) in [4.78, 5) is 39.2. The fourth-order valence-electron chi connectivity index (χ4n) is 3.64. The lowest BCUT2D eigenvalue weighted by Crippen LogP contribution is -2.36. The van der Waals surface area contributed by atoms with E-state index in [0.29, 0.717) is 29.4 Å². The number of hydrogen-bond acceptors (Lipinski definition) is 6. The molecule has 1 fully saturated rings. The Balaban J connectivity index is 1.43. The Hall–Kier alpha value is -3.31. The second-order valence-corrected chi connectivity index (χ2v) is 10.6. The molecule has 9 heteroatoms. The first-order valence-corrected chi connectivity index (χ1v) is 13.3. The van der Waals surface area contributed by atoms with Gasteiger partial charge in [0.05, 0.1) is 12.0 Å². The number of ether oxygens (including phenoxy) is 2. The van der Waals surface area contributed by atoms with Gasteiger partial charge in [-0.2, -0.15) is 0 Å². The molecule has 0 spiro atoms. The van der Waals surface area contributed by atoms with Crippen molar-refractivity contribution in [2.45, 2.75) is 20.5 Å². The molecule has 0 bridgehead atoms. The van der Waals surface area contributed by atoms with Crippen molar-refractivity contribution >= 4 is 63.2 Å². The van der Waals surface area contributed by atoms with Crippen molar-refractivity contribution in [1.29, 1.82) is 0 Å². The van der Waals surface area contributed by atoms with Crippen molar-refractivity contribution < 1.29 is 23.9 Å². The molecular weight excluding hydrogens is 603 g/mol. The first-order valence-electron chi connectivity index (χ1n) is 11.4. The average molecular weight is 628 g/mol. The van der Waals surface area contributed by atoms with Crippen LogP contribution in [-0.2, 0) is 16.2 Å². The number of amides is 3. The normalized spacial score (nSPS) is 14.3. The van der Waals surface area contributed by atoms with Crippen LogP contribution in [0.15, 0.2) is 65.6 Å². The maximum atomic E-state index is 12.9. The number of carbonyl (C=O) groups excluding carboxylic acids is 3. The highest BCUT2D eigenvalue weighted by Crippen LogP contribution is 2.35. The van der Waals surface area contributed by atoms with Gasteiger partial charge in [-0.1, -0.05) is 30.3 Å². The minimum absolute atomic E-state index is 0.235. The molecule has 3 amide bonds. The van der Waals surface area contributed by atoms with Crippen molar-refractivity contribution in [2.24, 2.45) is 0 Å². The lowest BCUT2D eigenvalue weighted by Gasteiger charge is -2.14. The Bertz CT molecular complexity index is 1390. The van der Waals surface area contributed by atoms with Gasteiger partial charge in [-0.15, -0.1) is 0 Å². The van der Waals surface area contributed by atoms with Crippen molar-refractivity contribution in [3.63, 3.8) is 0 Å². The Morgan fingerprint density at radius 3 is 2.54 bits per heavy atom. The molecule has 3 aromatic rings. The number of methoxy groups -OCH3 is 1. The van der Waals surface area contributed by atoms with Gasteiger partial charge >= 0.3 is 0 Å². The summed E-state index contributed by atoms with van der Waals surface area (Å²) in [5.74, 6) is 0.124. The van der Waals surface area contributed by atoms with E-state index in [4.69, 9.17) is 9.47 Å². The number of aryl methyl sites for hydroxylation is 1. The molecule has 1 N–H and O–H groups in total. The Kier molecular flexibility index (Phi) is 8.55. The highest BCUT2D eigenvalue weighted by Gasteiger charge is 2.36. The molecule has 1 aliphatic rings. The molecule has 0 unspecified atom stereocenters. The highest BCUT2D eigenvalue weighted by molar-refractivity contribution is 14.1. The van der Waals surface area contributed by atoms with Crippen LogP contribution >= 0.6 is 34.4 Å². The van der Waals surface area contributed by atoms with Crippen LogP contribution in [-0.4, -0.2) is 35.6 Å². The number of nitrogens with one attached hydrogen (secondary N) is 1. The third-order valence-corrected chi connectivity index (χ3v) is 7.47. The zero-order valence-electron chi connectivity index (χ0n) is 20.5. The van der Waals surface area contributed by atoms with E-state index in [-0.39, 0.29) is 11.4 Å². The summed E-state index contributed by atoms with van der Waals surface area (Å²) in [6, 6.07) is 18.9. The van der Waals surface area contributed by atoms with Crippen LogP contribution in [0.1, 0.15) is 22.3 Å². The summed E-state index contributed by atoms with van der Waals surface area (Å²) in [6.45, 7) is 3.88. The topological polar surface area (TPSA) is 84.9 Å².